The molecule has 2 aromatic heterocycles. The highest BCUT2D eigenvalue weighted by atomic mass is 32.1. The molecular weight excluding hydrogens is 341 g/mol. The second-order valence-electron chi connectivity index (χ2n) is 5.74. The van der Waals surface area contributed by atoms with Crippen LogP contribution in [0.25, 0.3) is 10.2 Å². The van der Waals surface area contributed by atoms with Crippen LogP contribution in [0, 0.1) is 19.7 Å². The van der Waals surface area contributed by atoms with E-state index < -0.39 is 11.7 Å². The summed E-state index contributed by atoms with van der Waals surface area (Å²) in [7, 11) is 0. The van der Waals surface area contributed by atoms with Crippen molar-refractivity contribution in [3.05, 3.63) is 51.8 Å². The molecule has 1 aromatic carbocycles. The number of ketones is 1. The van der Waals surface area contributed by atoms with Gasteiger partial charge in [0.05, 0.1) is 5.69 Å². The summed E-state index contributed by atoms with van der Waals surface area (Å²) in [6.45, 7) is 4.78. The van der Waals surface area contributed by atoms with Crippen LogP contribution < -0.4 is 11.1 Å². The third-order valence-corrected chi connectivity index (χ3v) is 5.13. The largest absolute Gasteiger partial charge is 0.397 e. The van der Waals surface area contributed by atoms with Crippen molar-refractivity contribution in [3.63, 3.8) is 0 Å². The monoisotopic (exact) mass is 357 g/mol. The van der Waals surface area contributed by atoms with Crippen LogP contribution in [-0.4, -0.2) is 16.7 Å². The molecule has 0 radical (unpaired) electrons. The predicted octanol–water partition coefficient (Wildman–Crippen LogP) is 4.09. The molecular formula is C18H16FN3O2S. The highest BCUT2D eigenvalue weighted by Crippen LogP contribution is 2.34. The molecule has 0 saturated carbocycles. The highest BCUT2D eigenvalue weighted by molar-refractivity contribution is 7.21. The maximum atomic E-state index is 13.6. The number of amides is 1. The van der Waals surface area contributed by atoms with Crippen molar-refractivity contribution < 1.29 is 14.0 Å². The molecule has 5 nitrogen and oxygen atoms in total. The molecule has 0 atom stereocenters. The molecule has 0 saturated heterocycles. The van der Waals surface area contributed by atoms with Crippen LogP contribution in [-0.2, 0) is 0 Å². The van der Waals surface area contributed by atoms with Gasteiger partial charge in [-0.3, -0.25) is 9.59 Å². The summed E-state index contributed by atoms with van der Waals surface area (Å²) in [4.78, 5) is 29.5. The number of hydrogen-bond acceptors (Lipinski definition) is 5. The molecule has 25 heavy (non-hydrogen) atoms. The number of nitrogens with one attached hydrogen (secondary N) is 1. The zero-order valence-electron chi connectivity index (χ0n) is 13.9. The second-order valence-corrected chi connectivity index (χ2v) is 6.74. The summed E-state index contributed by atoms with van der Waals surface area (Å²) in [5.41, 5.74) is 8.17. The van der Waals surface area contributed by atoms with Gasteiger partial charge in [-0.15, -0.1) is 11.3 Å². The van der Waals surface area contributed by atoms with Crippen LogP contribution in [0.1, 0.15) is 38.2 Å². The van der Waals surface area contributed by atoms with Crippen LogP contribution in [0.5, 0.6) is 0 Å². The third kappa shape index (κ3) is 2.98. The fraction of sp³-hybridized carbons (Fsp3) is 0.167. The molecule has 7 heteroatoms. The normalized spacial score (nSPS) is 10.9. The number of thiophene rings is 1. The molecule has 0 fully saturated rings. The number of aromatic nitrogens is 1. The number of anilines is 2. The zero-order chi connectivity index (χ0) is 18.3. The lowest BCUT2D eigenvalue weighted by molar-refractivity contribution is 0.101. The summed E-state index contributed by atoms with van der Waals surface area (Å²) in [5, 5.41) is 3.25. The number of aryl methyl sites for hydroxylation is 1. The number of pyridine rings is 1. The Morgan fingerprint density at radius 1 is 1.28 bits per heavy atom. The van der Waals surface area contributed by atoms with Crippen LogP contribution in [0.2, 0.25) is 0 Å². The van der Waals surface area contributed by atoms with Crippen molar-refractivity contribution in [2.75, 3.05) is 11.1 Å². The standard InChI is InChI=1S/C18H16FN3O2S/c1-8-13(19)5-4-6-14(8)22-17(24)16-15(20)12-7-11(10(3)23)9(2)21-18(12)25-16/h4-7H,20H2,1-3H3,(H,22,24). The van der Waals surface area contributed by atoms with Crippen LogP contribution >= 0.6 is 11.3 Å². The van der Waals surface area contributed by atoms with E-state index in [0.717, 1.165) is 11.3 Å². The first-order valence-corrected chi connectivity index (χ1v) is 8.38. The molecule has 0 aliphatic carbocycles. The van der Waals surface area contributed by atoms with E-state index in [1.807, 2.05) is 0 Å². The summed E-state index contributed by atoms with van der Waals surface area (Å²) in [6, 6.07) is 6.14. The zero-order valence-corrected chi connectivity index (χ0v) is 14.8. The summed E-state index contributed by atoms with van der Waals surface area (Å²) in [5.74, 6) is -0.944. The van der Waals surface area contributed by atoms with E-state index in [9.17, 15) is 14.0 Å². The first-order valence-electron chi connectivity index (χ1n) is 7.56. The van der Waals surface area contributed by atoms with Crippen molar-refractivity contribution in [2.24, 2.45) is 0 Å². The maximum absolute atomic E-state index is 13.6. The first kappa shape index (κ1) is 17.0. The van der Waals surface area contributed by atoms with Crippen molar-refractivity contribution in [2.45, 2.75) is 20.8 Å². The number of benzene rings is 1. The number of Topliss-reactive ketones (excluding diaryl/α,β-unsaturated/α-hetero) is 1. The van der Waals surface area contributed by atoms with Crippen LogP contribution in [0.3, 0.4) is 0 Å². The molecule has 0 aliphatic rings. The Bertz CT molecular complexity index is 1030. The van der Waals surface area contributed by atoms with Crippen molar-refractivity contribution >= 4 is 44.6 Å². The molecule has 1 amide bonds. The SMILES string of the molecule is CC(=O)c1cc2c(N)c(C(=O)Nc3cccc(F)c3C)sc2nc1C. The van der Waals surface area contributed by atoms with Gasteiger partial charge in [0.2, 0.25) is 0 Å². The average Bonchev–Trinajstić information content (AvgIpc) is 2.87. The topological polar surface area (TPSA) is 85.1 Å². The van der Waals surface area contributed by atoms with Crippen molar-refractivity contribution in [1.82, 2.24) is 4.98 Å². The Hall–Kier alpha value is -2.80. The Labute approximate surface area is 147 Å². The first-order chi connectivity index (χ1) is 11.8. The summed E-state index contributed by atoms with van der Waals surface area (Å²) >= 11 is 1.14. The Morgan fingerprint density at radius 3 is 2.68 bits per heavy atom. The van der Waals surface area contributed by atoms with Gasteiger partial charge in [0.25, 0.3) is 5.91 Å². The summed E-state index contributed by atoms with van der Waals surface area (Å²) < 4.78 is 13.6. The Morgan fingerprint density at radius 2 is 2.00 bits per heavy atom. The van der Waals surface area contributed by atoms with E-state index in [1.165, 1.54) is 19.1 Å². The van der Waals surface area contributed by atoms with Gasteiger partial charge in [0, 0.05) is 27.9 Å². The number of hydrogen-bond donors (Lipinski definition) is 2. The van der Waals surface area contributed by atoms with E-state index >= 15 is 0 Å². The smallest absolute Gasteiger partial charge is 0.267 e. The molecule has 0 spiro atoms. The van der Waals surface area contributed by atoms with Crippen molar-refractivity contribution in [1.29, 1.82) is 0 Å². The third-order valence-electron chi connectivity index (χ3n) is 4.01. The summed E-state index contributed by atoms with van der Waals surface area (Å²) in [6.07, 6.45) is 0. The molecule has 3 N–H and O–H groups in total. The van der Waals surface area contributed by atoms with Crippen molar-refractivity contribution in [3.8, 4) is 0 Å². The van der Waals surface area contributed by atoms with E-state index in [4.69, 9.17) is 5.73 Å². The molecule has 0 bridgehead atoms. The fourth-order valence-electron chi connectivity index (χ4n) is 2.58. The lowest BCUT2D eigenvalue weighted by Crippen LogP contribution is -2.13. The highest BCUT2D eigenvalue weighted by Gasteiger charge is 2.20. The number of halogens is 1. The second kappa shape index (κ2) is 6.25. The number of nitrogens with two attached hydrogens (primary N) is 1. The van der Waals surface area contributed by atoms with E-state index in [2.05, 4.69) is 10.3 Å². The Balaban J connectivity index is 2.03. The minimum Gasteiger partial charge on any atom is -0.397 e. The average molecular weight is 357 g/mol. The Kier molecular flexibility index (Phi) is 4.26. The number of nitrogens with zero attached hydrogens (tertiary/aromatic N) is 1. The van der Waals surface area contributed by atoms with Gasteiger partial charge in [0.15, 0.2) is 5.78 Å². The number of fused-ring (bicyclic) bond motifs is 1. The molecule has 0 aliphatic heterocycles. The van der Waals surface area contributed by atoms with E-state index in [-0.39, 0.29) is 16.3 Å². The molecule has 0 unspecified atom stereocenters. The van der Waals surface area contributed by atoms with Gasteiger partial charge in [-0.05, 0) is 39.0 Å². The minimum absolute atomic E-state index is 0.112. The van der Waals surface area contributed by atoms with Gasteiger partial charge < -0.3 is 11.1 Å². The molecule has 2 heterocycles. The number of rotatable bonds is 3. The molecule has 3 aromatic rings. The number of carbonyl (C=O) groups is 2. The molecule has 3 rings (SSSR count). The van der Waals surface area contributed by atoms with Crippen LogP contribution in [0.15, 0.2) is 24.3 Å². The van der Waals surface area contributed by atoms with Gasteiger partial charge in [-0.1, -0.05) is 6.07 Å². The van der Waals surface area contributed by atoms with E-state index in [1.54, 1.807) is 26.0 Å². The predicted molar refractivity (Wildman–Crippen MR) is 97.9 cm³/mol. The number of nitrogen functional groups attached to an aromatic ring is 1. The minimum atomic E-state index is -0.434. The van der Waals surface area contributed by atoms with Gasteiger partial charge in [-0.2, -0.15) is 0 Å². The van der Waals surface area contributed by atoms with Crippen LogP contribution in [0.4, 0.5) is 15.8 Å². The lowest BCUT2D eigenvalue weighted by Gasteiger charge is -2.08. The maximum Gasteiger partial charge on any atom is 0.267 e. The molecule has 128 valence electrons. The van der Waals surface area contributed by atoms with Gasteiger partial charge in [-0.25, -0.2) is 9.37 Å². The fourth-order valence-corrected chi connectivity index (χ4v) is 3.59. The van der Waals surface area contributed by atoms with E-state index in [0.29, 0.717) is 32.7 Å². The quantitative estimate of drug-likeness (QED) is 0.692. The number of carbonyl (C=O) groups excluding carboxylic acids is 2. The lowest BCUT2D eigenvalue weighted by atomic mass is 10.1. The van der Waals surface area contributed by atoms with Gasteiger partial charge >= 0.3 is 0 Å². The van der Waals surface area contributed by atoms with Gasteiger partial charge in [0.1, 0.15) is 15.5 Å².